The Morgan fingerprint density at radius 3 is 2.81 bits per heavy atom. The minimum atomic E-state index is -0.338. The fourth-order valence-electron chi connectivity index (χ4n) is 2.47. The molecule has 21 heavy (non-hydrogen) atoms. The molecule has 0 saturated carbocycles. The highest BCUT2D eigenvalue weighted by Crippen LogP contribution is 2.30. The fraction of sp³-hybridized carbons (Fsp3) is 0.267. The molecule has 0 aliphatic heterocycles. The number of aryl methyl sites for hydroxylation is 1. The van der Waals surface area contributed by atoms with E-state index in [1.807, 2.05) is 30.5 Å². The first-order valence-electron chi connectivity index (χ1n) is 6.49. The molecule has 3 nitrogen and oxygen atoms in total. The summed E-state index contributed by atoms with van der Waals surface area (Å²) >= 11 is 9.22. The number of nitrogens with zero attached hydrogens (tertiary/aromatic N) is 2. The van der Waals surface area contributed by atoms with E-state index >= 15 is 0 Å². The number of imidazole rings is 1. The van der Waals surface area contributed by atoms with Crippen molar-refractivity contribution in [1.29, 1.82) is 0 Å². The Morgan fingerprint density at radius 2 is 2.19 bits per heavy atom. The zero-order valence-corrected chi connectivity index (χ0v) is 13.9. The molecule has 3 rings (SSSR count). The van der Waals surface area contributed by atoms with Crippen LogP contribution in [-0.2, 0) is 5.88 Å². The molecule has 0 saturated heterocycles. The number of rotatable bonds is 3. The summed E-state index contributed by atoms with van der Waals surface area (Å²) in [5.74, 6) is 2.26. The van der Waals surface area contributed by atoms with Gasteiger partial charge in [-0.05, 0) is 48.0 Å². The number of hydrogen-bond donors (Lipinski definition) is 0. The first kappa shape index (κ1) is 14.6. The second kappa shape index (κ2) is 5.46. The third-order valence-corrected chi connectivity index (χ3v) is 4.33. The average molecular weight is 372 g/mol. The lowest BCUT2D eigenvalue weighted by Crippen LogP contribution is -2.09. The molecule has 1 aromatic carbocycles. The van der Waals surface area contributed by atoms with E-state index in [9.17, 15) is 4.39 Å². The Labute approximate surface area is 134 Å². The zero-order valence-electron chi connectivity index (χ0n) is 11.5. The van der Waals surface area contributed by atoms with E-state index in [2.05, 4.69) is 20.9 Å². The van der Waals surface area contributed by atoms with Gasteiger partial charge in [0.2, 0.25) is 0 Å². The maximum absolute atomic E-state index is 13.7. The van der Waals surface area contributed by atoms with Crippen molar-refractivity contribution in [2.45, 2.75) is 25.8 Å². The molecule has 1 atom stereocenters. The van der Waals surface area contributed by atoms with Gasteiger partial charge in [0.05, 0.1) is 27.4 Å². The molecule has 2 aromatic heterocycles. The van der Waals surface area contributed by atoms with Gasteiger partial charge in [0.1, 0.15) is 23.2 Å². The molecule has 3 aromatic rings. The van der Waals surface area contributed by atoms with E-state index in [1.165, 1.54) is 6.07 Å². The van der Waals surface area contributed by atoms with Crippen LogP contribution in [0.15, 0.2) is 33.2 Å². The van der Waals surface area contributed by atoms with Crippen molar-refractivity contribution in [1.82, 2.24) is 9.55 Å². The normalized spacial score (nSPS) is 13.0. The highest BCUT2D eigenvalue weighted by Gasteiger charge is 2.20. The van der Waals surface area contributed by atoms with Crippen LogP contribution >= 0.6 is 27.5 Å². The van der Waals surface area contributed by atoms with Gasteiger partial charge >= 0.3 is 0 Å². The number of hydrogen-bond acceptors (Lipinski definition) is 2. The van der Waals surface area contributed by atoms with Crippen LogP contribution in [0.1, 0.15) is 30.3 Å². The van der Waals surface area contributed by atoms with Gasteiger partial charge in [-0.25, -0.2) is 9.37 Å². The van der Waals surface area contributed by atoms with Crippen LogP contribution in [0.3, 0.4) is 0 Å². The number of benzene rings is 1. The molecule has 110 valence electrons. The summed E-state index contributed by atoms with van der Waals surface area (Å²) in [5, 5.41) is 0. The molecular weight excluding hydrogens is 359 g/mol. The predicted molar refractivity (Wildman–Crippen MR) is 84.2 cm³/mol. The largest absolute Gasteiger partial charge is 0.464 e. The first-order chi connectivity index (χ1) is 10.0. The Hall–Kier alpha value is -1.33. The molecule has 2 heterocycles. The van der Waals surface area contributed by atoms with Gasteiger partial charge in [0, 0.05) is 6.07 Å². The molecule has 0 bridgehead atoms. The summed E-state index contributed by atoms with van der Waals surface area (Å²) in [7, 11) is 0. The Morgan fingerprint density at radius 1 is 1.43 bits per heavy atom. The second-order valence-electron chi connectivity index (χ2n) is 4.91. The van der Waals surface area contributed by atoms with Crippen LogP contribution in [0.25, 0.3) is 11.0 Å². The fourth-order valence-corrected chi connectivity index (χ4v) is 2.99. The lowest BCUT2D eigenvalue weighted by molar-refractivity contribution is 0.429. The summed E-state index contributed by atoms with van der Waals surface area (Å²) < 4.78 is 21.7. The van der Waals surface area contributed by atoms with E-state index in [1.54, 1.807) is 6.07 Å². The van der Waals surface area contributed by atoms with Crippen molar-refractivity contribution >= 4 is 38.6 Å². The van der Waals surface area contributed by atoms with Gasteiger partial charge in [0.15, 0.2) is 0 Å². The van der Waals surface area contributed by atoms with Crippen LogP contribution in [0, 0.1) is 12.7 Å². The molecule has 0 spiro atoms. The predicted octanol–water partition coefficient (Wildman–Crippen LogP) is 5.19. The molecule has 6 heteroatoms. The number of alkyl halides is 1. The smallest absolute Gasteiger partial charge is 0.139 e. The quantitative estimate of drug-likeness (QED) is 0.593. The van der Waals surface area contributed by atoms with Gasteiger partial charge in [-0.15, -0.1) is 11.6 Å². The van der Waals surface area contributed by atoms with Gasteiger partial charge in [-0.1, -0.05) is 0 Å². The highest BCUT2D eigenvalue weighted by atomic mass is 79.9. The molecule has 0 fully saturated rings. The van der Waals surface area contributed by atoms with Crippen LogP contribution in [0.4, 0.5) is 4.39 Å². The van der Waals surface area contributed by atoms with E-state index in [4.69, 9.17) is 16.0 Å². The average Bonchev–Trinajstić information content (AvgIpc) is 3.02. The summed E-state index contributed by atoms with van der Waals surface area (Å²) in [6, 6.07) is 6.91. The van der Waals surface area contributed by atoms with Gasteiger partial charge in [0.25, 0.3) is 0 Å². The van der Waals surface area contributed by atoms with Crippen molar-refractivity contribution in [3.05, 3.63) is 51.9 Å². The SMILES string of the molecule is Cc1ccc(C(C)n2c(CCl)nc3cc(F)c(Br)cc32)o1. The number of halogens is 3. The maximum atomic E-state index is 13.7. The number of furan rings is 1. The minimum absolute atomic E-state index is 0.0742. The van der Waals surface area contributed by atoms with Crippen molar-refractivity contribution in [3.8, 4) is 0 Å². The Balaban J connectivity index is 2.22. The highest BCUT2D eigenvalue weighted by molar-refractivity contribution is 9.10. The maximum Gasteiger partial charge on any atom is 0.139 e. The van der Waals surface area contributed by atoms with E-state index in [0.29, 0.717) is 15.8 Å². The van der Waals surface area contributed by atoms with Crippen LogP contribution in [0.2, 0.25) is 0 Å². The first-order valence-corrected chi connectivity index (χ1v) is 7.82. The lowest BCUT2D eigenvalue weighted by Gasteiger charge is -2.15. The third-order valence-electron chi connectivity index (χ3n) is 3.48. The summed E-state index contributed by atoms with van der Waals surface area (Å²) in [6.07, 6.45) is 0. The number of fused-ring (bicyclic) bond motifs is 1. The molecule has 0 radical (unpaired) electrons. The van der Waals surface area contributed by atoms with Crippen molar-refractivity contribution < 1.29 is 8.81 Å². The van der Waals surface area contributed by atoms with Crippen LogP contribution in [-0.4, -0.2) is 9.55 Å². The molecule has 0 N–H and O–H groups in total. The van der Waals surface area contributed by atoms with Crippen molar-refractivity contribution in [3.63, 3.8) is 0 Å². The molecular formula is C15H13BrClFN2O. The number of aromatic nitrogens is 2. The molecule has 1 unspecified atom stereocenters. The second-order valence-corrected chi connectivity index (χ2v) is 6.03. The summed E-state index contributed by atoms with van der Waals surface area (Å²) in [4.78, 5) is 4.42. The third kappa shape index (κ3) is 2.49. The standard InChI is InChI=1S/C15H13BrClFN2O/c1-8-3-4-14(21-8)9(2)20-13-5-10(16)11(18)6-12(13)19-15(20)7-17/h3-6,9H,7H2,1-2H3. The molecule has 0 amide bonds. The Bertz CT molecular complexity index is 811. The van der Waals surface area contributed by atoms with Crippen LogP contribution in [0.5, 0.6) is 0 Å². The summed E-state index contributed by atoms with van der Waals surface area (Å²) in [5.41, 5.74) is 1.40. The van der Waals surface area contributed by atoms with Crippen molar-refractivity contribution in [2.75, 3.05) is 0 Å². The van der Waals surface area contributed by atoms with E-state index in [0.717, 1.165) is 17.0 Å². The van der Waals surface area contributed by atoms with Gasteiger partial charge in [-0.3, -0.25) is 0 Å². The zero-order chi connectivity index (χ0) is 15.1. The van der Waals surface area contributed by atoms with Gasteiger partial charge in [-0.2, -0.15) is 0 Å². The van der Waals surface area contributed by atoms with Gasteiger partial charge < -0.3 is 8.98 Å². The molecule has 0 aliphatic rings. The van der Waals surface area contributed by atoms with Crippen LogP contribution < -0.4 is 0 Å². The van der Waals surface area contributed by atoms with Crippen molar-refractivity contribution in [2.24, 2.45) is 0 Å². The van der Waals surface area contributed by atoms with E-state index in [-0.39, 0.29) is 17.7 Å². The lowest BCUT2D eigenvalue weighted by atomic mass is 10.2. The van der Waals surface area contributed by atoms with E-state index < -0.39 is 0 Å². The summed E-state index contributed by atoms with van der Waals surface area (Å²) in [6.45, 7) is 3.91. The molecule has 0 aliphatic carbocycles. The monoisotopic (exact) mass is 370 g/mol. The topological polar surface area (TPSA) is 31.0 Å². The Kier molecular flexibility index (Phi) is 3.80. The minimum Gasteiger partial charge on any atom is -0.464 e.